The monoisotopic (exact) mass is 307 g/mol. The van der Waals surface area contributed by atoms with Crippen LogP contribution in [0.5, 0.6) is 0 Å². The number of piperazine rings is 1. The highest BCUT2D eigenvalue weighted by Gasteiger charge is 2.19. The largest absolute Gasteiger partial charge is 0.368 e. The number of nitrogens with zero attached hydrogens (tertiary/aromatic N) is 3. The zero-order valence-electron chi connectivity index (χ0n) is 13.4. The molecule has 1 fully saturated rings. The van der Waals surface area contributed by atoms with Crippen molar-refractivity contribution in [3.63, 3.8) is 0 Å². The fourth-order valence-corrected chi connectivity index (χ4v) is 2.83. The lowest BCUT2D eigenvalue weighted by molar-refractivity contribution is -0.126. The summed E-state index contributed by atoms with van der Waals surface area (Å²) in [6.45, 7) is 8.70. The average Bonchev–Trinajstić information content (AvgIpc) is 2.62. The summed E-state index contributed by atoms with van der Waals surface area (Å²) in [6.07, 6.45) is 3.30. The van der Waals surface area contributed by atoms with Gasteiger partial charge in [0.15, 0.2) is 0 Å². The van der Waals surface area contributed by atoms with Crippen LogP contribution in [0.15, 0.2) is 55.3 Å². The van der Waals surface area contributed by atoms with Gasteiger partial charge >= 0.3 is 0 Å². The maximum Gasteiger partial charge on any atom is 0.246 e. The summed E-state index contributed by atoms with van der Waals surface area (Å²) in [5, 5.41) is 0. The van der Waals surface area contributed by atoms with E-state index in [-0.39, 0.29) is 5.91 Å². The Morgan fingerprint density at radius 1 is 1.13 bits per heavy atom. The predicted octanol–water partition coefficient (Wildman–Crippen LogP) is 2.89. The second kappa shape index (κ2) is 6.65. The van der Waals surface area contributed by atoms with Gasteiger partial charge in [-0.2, -0.15) is 0 Å². The van der Waals surface area contributed by atoms with Crippen LogP contribution in [-0.4, -0.2) is 42.0 Å². The summed E-state index contributed by atoms with van der Waals surface area (Å²) in [5.74, 6) is 0.0177. The Labute approximate surface area is 137 Å². The number of carbonyl (C=O) groups is 1. The fourth-order valence-electron chi connectivity index (χ4n) is 2.83. The number of pyridine rings is 1. The van der Waals surface area contributed by atoms with E-state index in [0.717, 1.165) is 37.4 Å². The SMILES string of the molecule is C=CC(=O)N1CCN(c2cccc(-c3ccc(C)nc3)c2)CC1. The molecule has 0 saturated carbocycles. The third-order valence-corrected chi connectivity index (χ3v) is 4.22. The Hall–Kier alpha value is -2.62. The van der Waals surface area contributed by atoms with Crippen molar-refractivity contribution in [3.05, 3.63) is 60.9 Å². The summed E-state index contributed by atoms with van der Waals surface area (Å²) in [4.78, 5) is 20.2. The second-order valence-corrected chi connectivity index (χ2v) is 5.76. The highest BCUT2D eigenvalue weighted by molar-refractivity contribution is 5.87. The summed E-state index contributed by atoms with van der Waals surface area (Å²) >= 11 is 0. The quantitative estimate of drug-likeness (QED) is 0.818. The van der Waals surface area contributed by atoms with Crippen LogP contribution in [-0.2, 0) is 4.79 Å². The number of benzene rings is 1. The normalized spacial score (nSPS) is 14.7. The maximum atomic E-state index is 11.7. The Morgan fingerprint density at radius 2 is 1.91 bits per heavy atom. The first-order chi connectivity index (χ1) is 11.2. The summed E-state index contributed by atoms with van der Waals surface area (Å²) < 4.78 is 0. The molecule has 0 radical (unpaired) electrons. The molecule has 0 bridgehead atoms. The van der Waals surface area contributed by atoms with Crippen LogP contribution >= 0.6 is 0 Å². The van der Waals surface area contributed by atoms with Crippen molar-refractivity contribution < 1.29 is 4.79 Å². The third-order valence-electron chi connectivity index (χ3n) is 4.22. The lowest BCUT2D eigenvalue weighted by Crippen LogP contribution is -2.48. The van der Waals surface area contributed by atoms with Gasteiger partial charge in [-0.25, -0.2) is 0 Å². The first-order valence-electron chi connectivity index (χ1n) is 7.87. The van der Waals surface area contributed by atoms with Crippen LogP contribution in [0.1, 0.15) is 5.69 Å². The van der Waals surface area contributed by atoms with Crippen molar-refractivity contribution in [2.45, 2.75) is 6.92 Å². The van der Waals surface area contributed by atoms with Gasteiger partial charge in [0.2, 0.25) is 5.91 Å². The number of anilines is 1. The van der Waals surface area contributed by atoms with Gasteiger partial charge in [0.1, 0.15) is 0 Å². The molecule has 1 amide bonds. The zero-order chi connectivity index (χ0) is 16.2. The Morgan fingerprint density at radius 3 is 2.57 bits per heavy atom. The van der Waals surface area contributed by atoms with Crippen LogP contribution < -0.4 is 4.90 Å². The maximum absolute atomic E-state index is 11.7. The molecule has 2 heterocycles. The van der Waals surface area contributed by atoms with Crippen molar-refractivity contribution in [2.24, 2.45) is 0 Å². The Kier molecular flexibility index (Phi) is 4.42. The molecule has 0 unspecified atom stereocenters. The molecule has 0 spiro atoms. The molecule has 1 saturated heterocycles. The van der Waals surface area contributed by atoms with E-state index >= 15 is 0 Å². The predicted molar refractivity (Wildman–Crippen MR) is 93.4 cm³/mol. The van der Waals surface area contributed by atoms with Gasteiger partial charge in [0.05, 0.1) is 0 Å². The smallest absolute Gasteiger partial charge is 0.246 e. The molecule has 23 heavy (non-hydrogen) atoms. The lowest BCUT2D eigenvalue weighted by Gasteiger charge is -2.35. The van der Waals surface area contributed by atoms with Crippen LogP contribution in [0, 0.1) is 6.92 Å². The van der Waals surface area contributed by atoms with Gasteiger partial charge in [0, 0.05) is 49.3 Å². The molecule has 3 rings (SSSR count). The van der Waals surface area contributed by atoms with Crippen LogP contribution in [0.2, 0.25) is 0 Å². The summed E-state index contributed by atoms with van der Waals surface area (Å²) in [5.41, 5.74) is 4.50. The number of amides is 1. The molecule has 1 aliphatic heterocycles. The van der Waals surface area contributed by atoms with E-state index in [4.69, 9.17) is 0 Å². The topological polar surface area (TPSA) is 36.4 Å². The molecule has 1 aliphatic rings. The van der Waals surface area contributed by atoms with Gasteiger partial charge < -0.3 is 9.80 Å². The molecule has 2 aromatic rings. The van der Waals surface area contributed by atoms with Gasteiger partial charge in [-0.3, -0.25) is 9.78 Å². The Balaban J connectivity index is 1.75. The zero-order valence-corrected chi connectivity index (χ0v) is 13.4. The minimum atomic E-state index is 0.0177. The fraction of sp³-hybridized carbons (Fsp3) is 0.263. The number of aromatic nitrogens is 1. The molecule has 0 atom stereocenters. The summed E-state index contributed by atoms with van der Waals surface area (Å²) in [6, 6.07) is 12.6. The molecular weight excluding hydrogens is 286 g/mol. The highest BCUT2D eigenvalue weighted by Crippen LogP contribution is 2.25. The van der Waals surface area contributed by atoms with Gasteiger partial charge in [-0.15, -0.1) is 0 Å². The molecule has 0 aliphatic carbocycles. The number of hydrogen-bond acceptors (Lipinski definition) is 3. The van der Waals surface area contributed by atoms with Gasteiger partial charge in [-0.1, -0.05) is 24.8 Å². The van der Waals surface area contributed by atoms with E-state index < -0.39 is 0 Å². The van der Waals surface area contributed by atoms with Crippen molar-refractivity contribution in [2.75, 3.05) is 31.1 Å². The standard InChI is InChI=1S/C19H21N3O/c1-3-19(23)22-11-9-21(10-12-22)18-6-4-5-16(13-18)17-8-7-15(2)20-14-17/h3-8,13-14H,1,9-12H2,2H3. The van der Waals surface area contributed by atoms with Crippen LogP contribution in [0.3, 0.4) is 0 Å². The van der Waals surface area contributed by atoms with Crippen molar-refractivity contribution in [3.8, 4) is 11.1 Å². The molecule has 4 heteroatoms. The van der Waals surface area contributed by atoms with Crippen molar-refractivity contribution in [1.82, 2.24) is 9.88 Å². The molecular formula is C19H21N3O. The molecule has 118 valence electrons. The lowest BCUT2D eigenvalue weighted by atomic mass is 10.1. The number of carbonyl (C=O) groups excluding carboxylic acids is 1. The minimum absolute atomic E-state index is 0.0177. The summed E-state index contributed by atoms with van der Waals surface area (Å²) in [7, 11) is 0. The van der Waals surface area contributed by atoms with E-state index in [9.17, 15) is 4.79 Å². The van der Waals surface area contributed by atoms with E-state index in [1.165, 1.54) is 17.3 Å². The van der Waals surface area contributed by atoms with Crippen molar-refractivity contribution in [1.29, 1.82) is 0 Å². The number of aryl methyl sites for hydroxylation is 1. The molecule has 1 aromatic carbocycles. The van der Waals surface area contributed by atoms with E-state index in [1.54, 1.807) is 0 Å². The Bertz CT molecular complexity index is 701. The van der Waals surface area contributed by atoms with Gasteiger partial charge in [0.25, 0.3) is 0 Å². The first kappa shape index (κ1) is 15.3. The second-order valence-electron chi connectivity index (χ2n) is 5.76. The van der Waals surface area contributed by atoms with E-state index in [2.05, 4.69) is 46.8 Å². The van der Waals surface area contributed by atoms with Crippen LogP contribution in [0.4, 0.5) is 5.69 Å². The average molecular weight is 307 g/mol. The number of hydrogen-bond donors (Lipinski definition) is 0. The van der Waals surface area contributed by atoms with E-state index in [0.29, 0.717) is 0 Å². The molecule has 1 aromatic heterocycles. The van der Waals surface area contributed by atoms with Crippen LogP contribution in [0.25, 0.3) is 11.1 Å². The van der Waals surface area contributed by atoms with Crippen molar-refractivity contribution >= 4 is 11.6 Å². The van der Waals surface area contributed by atoms with Gasteiger partial charge in [-0.05, 0) is 36.8 Å². The third kappa shape index (κ3) is 3.42. The molecule has 4 nitrogen and oxygen atoms in total. The first-order valence-corrected chi connectivity index (χ1v) is 7.87. The molecule has 0 N–H and O–H groups in total. The highest BCUT2D eigenvalue weighted by atomic mass is 16.2. The van der Waals surface area contributed by atoms with E-state index in [1.807, 2.05) is 24.1 Å². The minimum Gasteiger partial charge on any atom is -0.368 e. The number of rotatable bonds is 3.